The number of halogens is 2. The van der Waals surface area contributed by atoms with E-state index >= 15 is 0 Å². The van der Waals surface area contributed by atoms with Crippen LogP contribution in [0, 0.1) is 11.6 Å². The summed E-state index contributed by atoms with van der Waals surface area (Å²) in [6.07, 6.45) is 2.42. The molecule has 31 heavy (non-hydrogen) atoms. The third-order valence-corrected chi connectivity index (χ3v) is 5.38. The predicted molar refractivity (Wildman–Crippen MR) is 109 cm³/mol. The van der Waals surface area contributed by atoms with E-state index in [2.05, 4.69) is 10.3 Å². The van der Waals surface area contributed by atoms with E-state index in [-0.39, 0.29) is 29.8 Å². The van der Waals surface area contributed by atoms with Crippen molar-refractivity contribution in [1.29, 1.82) is 0 Å². The Bertz CT molecular complexity index is 1190. The molecule has 7 nitrogen and oxygen atoms in total. The number of amides is 2. The van der Waals surface area contributed by atoms with Crippen molar-refractivity contribution in [3.63, 3.8) is 0 Å². The van der Waals surface area contributed by atoms with E-state index in [0.29, 0.717) is 37.0 Å². The lowest BCUT2D eigenvalue weighted by atomic mass is 10.0. The van der Waals surface area contributed by atoms with Gasteiger partial charge in [-0.2, -0.15) is 0 Å². The Morgan fingerprint density at radius 1 is 1.03 bits per heavy atom. The number of likely N-dealkylation sites (tertiary alicyclic amines) is 1. The minimum atomic E-state index is -0.541. The molecular formula is C22H20F2N4O3. The summed E-state index contributed by atoms with van der Waals surface area (Å²) < 4.78 is 27.6. The number of nitrogens with zero attached hydrogens (tertiary/aromatic N) is 3. The number of piperidine rings is 1. The molecule has 2 aromatic carbocycles. The van der Waals surface area contributed by atoms with Crippen LogP contribution in [0.25, 0.3) is 10.9 Å². The van der Waals surface area contributed by atoms with Crippen molar-refractivity contribution in [2.45, 2.75) is 25.4 Å². The standard InChI is InChI=1S/C22H20F2N4O3/c23-15-3-1-14(2-4-15)21(30)26-17-7-9-27(10-8-17)20(29)12-28-13-25-19-6-5-16(24)11-18(19)22(28)31/h1-6,11,13,17H,7-10,12H2,(H,26,30). The van der Waals surface area contributed by atoms with E-state index in [1.165, 1.54) is 47.3 Å². The van der Waals surface area contributed by atoms with Crippen molar-refractivity contribution in [1.82, 2.24) is 19.8 Å². The monoisotopic (exact) mass is 426 g/mol. The molecule has 2 heterocycles. The number of carbonyl (C=O) groups excluding carboxylic acids is 2. The second-order valence-electron chi connectivity index (χ2n) is 7.47. The first kappa shape index (κ1) is 20.6. The first-order valence-electron chi connectivity index (χ1n) is 9.89. The number of aromatic nitrogens is 2. The number of rotatable bonds is 4. The van der Waals surface area contributed by atoms with E-state index in [1.54, 1.807) is 4.90 Å². The van der Waals surface area contributed by atoms with Gasteiger partial charge in [-0.05, 0) is 55.3 Å². The van der Waals surface area contributed by atoms with Gasteiger partial charge in [0.05, 0.1) is 17.2 Å². The molecule has 2 amide bonds. The topological polar surface area (TPSA) is 84.3 Å². The number of hydrogen-bond donors (Lipinski definition) is 1. The predicted octanol–water partition coefficient (Wildman–Crippen LogP) is 2.10. The summed E-state index contributed by atoms with van der Waals surface area (Å²) in [6, 6.07) is 8.96. The lowest BCUT2D eigenvalue weighted by molar-refractivity contribution is -0.133. The second kappa shape index (κ2) is 8.63. The number of hydrogen-bond acceptors (Lipinski definition) is 4. The van der Waals surface area contributed by atoms with Crippen LogP contribution in [0.5, 0.6) is 0 Å². The first-order valence-corrected chi connectivity index (χ1v) is 9.89. The molecule has 0 bridgehead atoms. The average molecular weight is 426 g/mol. The molecule has 0 saturated carbocycles. The van der Waals surface area contributed by atoms with Gasteiger partial charge in [0.25, 0.3) is 11.5 Å². The quantitative estimate of drug-likeness (QED) is 0.693. The van der Waals surface area contributed by atoms with Gasteiger partial charge in [-0.1, -0.05) is 0 Å². The summed E-state index contributed by atoms with van der Waals surface area (Å²) in [5.74, 6) is -1.48. The van der Waals surface area contributed by atoms with Crippen LogP contribution in [-0.4, -0.2) is 45.4 Å². The highest BCUT2D eigenvalue weighted by Crippen LogP contribution is 2.13. The van der Waals surface area contributed by atoms with E-state index in [4.69, 9.17) is 0 Å². The van der Waals surface area contributed by atoms with Crippen LogP contribution in [0.4, 0.5) is 8.78 Å². The fraction of sp³-hybridized carbons (Fsp3) is 0.273. The third kappa shape index (κ3) is 4.60. The Morgan fingerprint density at radius 2 is 1.71 bits per heavy atom. The van der Waals surface area contributed by atoms with Crippen molar-refractivity contribution in [2.24, 2.45) is 0 Å². The molecule has 9 heteroatoms. The molecule has 0 radical (unpaired) electrons. The molecular weight excluding hydrogens is 406 g/mol. The largest absolute Gasteiger partial charge is 0.349 e. The number of fused-ring (bicyclic) bond motifs is 1. The fourth-order valence-corrected chi connectivity index (χ4v) is 3.63. The van der Waals surface area contributed by atoms with Crippen molar-refractivity contribution in [3.8, 4) is 0 Å². The summed E-state index contributed by atoms with van der Waals surface area (Å²) >= 11 is 0. The van der Waals surface area contributed by atoms with E-state index in [1.807, 2.05) is 0 Å². The molecule has 4 rings (SSSR count). The zero-order valence-corrected chi connectivity index (χ0v) is 16.6. The van der Waals surface area contributed by atoms with Gasteiger partial charge in [-0.15, -0.1) is 0 Å². The van der Waals surface area contributed by atoms with Crippen LogP contribution in [0.1, 0.15) is 23.2 Å². The minimum absolute atomic E-state index is 0.102. The zero-order chi connectivity index (χ0) is 22.0. The van der Waals surface area contributed by atoms with Gasteiger partial charge in [0.1, 0.15) is 18.2 Å². The smallest absolute Gasteiger partial charge is 0.261 e. The lowest BCUT2D eigenvalue weighted by Crippen LogP contribution is -2.47. The highest BCUT2D eigenvalue weighted by Gasteiger charge is 2.24. The Hall–Kier alpha value is -3.62. The van der Waals surface area contributed by atoms with Crippen molar-refractivity contribution >= 4 is 22.7 Å². The summed E-state index contributed by atoms with van der Waals surface area (Å²) in [5, 5.41) is 3.02. The number of nitrogens with one attached hydrogen (secondary N) is 1. The van der Waals surface area contributed by atoms with Crippen LogP contribution in [0.2, 0.25) is 0 Å². The van der Waals surface area contributed by atoms with E-state index in [9.17, 15) is 23.2 Å². The van der Waals surface area contributed by atoms with Crippen molar-refractivity contribution < 1.29 is 18.4 Å². The van der Waals surface area contributed by atoms with Crippen molar-refractivity contribution in [2.75, 3.05) is 13.1 Å². The molecule has 1 N–H and O–H groups in total. The Labute approximate surface area is 176 Å². The number of carbonyl (C=O) groups is 2. The zero-order valence-electron chi connectivity index (χ0n) is 16.6. The summed E-state index contributed by atoms with van der Waals surface area (Å²) in [4.78, 5) is 43.2. The molecule has 3 aromatic rings. The molecule has 1 aliphatic heterocycles. The highest BCUT2D eigenvalue weighted by molar-refractivity contribution is 5.94. The Balaban J connectivity index is 1.35. The average Bonchev–Trinajstić information content (AvgIpc) is 2.77. The van der Waals surface area contributed by atoms with Crippen molar-refractivity contribution in [3.05, 3.63) is 76.3 Å². The molecule has 1 aliphatic rings. The summed E-state index contributed by atoms with van der Waals surface area (Å²) in [7, 11) is 0. The minimum Gasteiger partial charge on any atom is -0.349 e. The molecule has 0 spiro atoms. The van der Waals surface area contributed by atoms with Crippen LogP contribution < -0.4 is 10.9 Å². The molecule has 1 saturated heterocycles. The SMILES string of the molecule is O=C(NC1CCN(C(=O)Cn2cnc3ccc(F)cc3c2=O)CC1)c1ccc(F)cc1. The van der Waals surface area contributed by atoms with Gasteiger partial charge >= 0.3 is 0 Å². The molecule has 1 aromatic heterocycles. The van der Waals surface area contributed by atoms with Crippen LogP contribution in [0.3, 0.4) is 0 Å². The van der Waals surface area contributed by atoms with Gasteiger partial charge in [-0.3, -0.25) is 19.0 Å². The van der Waals surface area contributed by atoms with E-state index < -0.39 is 17.2 Å². The molecule has 160 valence electrons. The second-order valence-corrected chi connectivity index (χ2v) is 7.47. The van der Waals surface area contributed by atoms with Gasteiger partial charge in [-0.25, -0.2) is 13.8 Å². The highest BCUT2D eigenvalue weighted by atomic mass is 19.1. The third-order valence-electron chi connectivity index (χ3n) is 5.38. The Kier molecular flexibility index (Phi) is 5.75. The van der Waals surface area contributed by atoms with Gasteiger partial charge in [0.15, 0.2) is 0 Å². The van der Waals surface area contributed by atoms with Crippen LogP contribution in [0.15, 0.2) is 53.6 Å². The summed E-state index contributed by atoms with van der Waals surface area (Å²) in [6.45, 7) is 0.667. The maximum Gasteiger partial charge on any atom is 0.261 e. The van der Waals surface area contributed by atoms with Gasteiger partial charge in [0.2, 0.25) is 5.91 Å². The van der Waals surface area contributed by atoms with Crippen LogP contribution in [-0.2, 0) is 11.3 Å². The molecule has 0 unspecified atom stereocenters. The van der Waals surface area contributed by atoms with Crippen LogP contribution >= 0.6 is 0 Å². The van der Waals surface area contributed by atoms with Gasteiger partial charge < -0.3 is 10.2 Å². The lowest BCUT2D eigenvalue weighted by Gasteiger charge is -2.32. The maximum atomic E-state index is 13.5. The Morgan fingerprint density at radius 3 is 2.42 bits per heavy atom. The summed E-state index contributed by atoms with van der Waals surface area (Å²) in [5.41, 5.74) is 0.270. The molecule has 1 fully saturated rings. The van der Waals surface area contributed by atoms with E-state index in [0.717, 1.165) is 6.07 Å². The molecule has 0 atom stereocenters. The van der Waals surface area contributed by atoms with Gasteiger partial charge in [0, 0.05) is 24.7 Å². The fourth-order valence-electron chi connectivity index (χ4n) is 3.63. The molecule has 0 aliphatic carbocycles. The number of benzene rings is 2. The normalized spacial score (nSPS) is 14.6. The maximum absolute atomic E-state index is 13.5. The first-order chi connectivity index (χ1) is 14.9.